The van der Waals surface area contributed by atoms with Gasteiger partial charge in [-0.05, 0) is 60.2 Å². The zero-order chi connectivity index (χ0) is 12.8. The fourth-order valence-electron chi connectivity index (χ4n) is 2.12. The van der Waals surface area contributed by atoms with Crippen molar-refractivity contribution in [2.45, 2.75) is 65.6 Å². The highest BCUT2D eigenvalue weighted by atomic mass is 15.2. The Morgan fingerprint density at radius 2 is 1.62 bits per heavy atom. The number of hydrogen-bond acceptors (Lipinski definition) is 3. The Labute approximate surface area is 102 Å². The van der Waals surface area contributed by atoms with Crippen LogP contribution < -0.4 is 11.1 Å². The van der Waals surface area contributed by atoms with Gasteiger partial charge in [0.05, 0.1) is 5.66 Å². The van der Waals surface area contributed by atoms with Gasteiger partial charge in [-0.1, -0.05) is 13.8 Å². The van der Waals surface area contributed by atoms with E-state index < -0.39 is 0 Å². The number of nitrogens with one attached hydrogen (secondary N) is 1. The molecule has 0 rings (SSSR count). The average Bonchev–Trinajstić information content (AvgIpc) is 2.08. The third-order valence-corrected chi connectivity index (χ3v) is 2.70. The Kier molecular flexibility index (Phi) is 6.53. The van der Waals surface area contributed by atoms with Crippen molar-refractivity contribution in [1.82, 2.24) is 10.2 Å². The standard InChI is InChI=1S/C13H31N3/c1-7-10-16(8-2)11-9-12(3,4)15-13(5,6)14/h15H,7-11,14H2,1-6H3. The number of rotatable bonds is 8. The monoisotopic (exact) mass is 229 g/mol. The molecular weight excluding hydrogens is 198 g/mol. The molecule has 0 spiro atoms. The molecule has 0 aliphatic rings. The average molecular weight is 229 g/mol. The normalized spacial score (nSPS) is 13.5. The first kappa shape index (κ1) is 15.9. The Hall–Kier alpha value is -0.120. The van der Waals surface area contributed by atoms with E-state index in [0.29, 0.717) is 0 Å². The van der Waals surface area contributed by atoms with Crippen LogP contribution >= 0.6 is 0 Å². The van der Waals surface area contributed by atoms with Crippen LogP contribution in [0.5, 0.6) is 0 Å². The van der Waals surface area contributed by atoms with E-state index in [-0.39, 0.29) is 11.2 Å². The van der Waals surface area contributed by atoms with E-state index in [2.05, 4.69) is 37.9 Å². The molecule has 0 radical (unpaired) electrons. The SMILES string of the molecule is CCCN(CC)CCC(C)(C)NC(C)(C)N. The molecule has 0 atom stereocenters. The van der Waals surface area contributed by atoms with Crippen LogP contribution in [0, 0.1) is 0 Å². The molecule has 0 fully saturated rings. The molecule has 0 aliphatic carbocycles. The zero-order valence-electron chi connectivity index (χ0n) is 12.1. The van der Waals surface area contributed by atoms with E-state index in [1.54, 1.807) is 0 Å². The smallest absolute Gasteiger partial charge is 0.0607 e. The lowest BCUT2D eigenvalue weighted by Crippen LogP contribution is -2.58. The summed E-state index contributed by atoms with van der Waals surface area (Å²) in [5.41, 5.74) is 5.79. The van der Waals surface area contributed by atoms with Gasteiger partial charge in [-0.2, -0.15) is 0 Å². The summed E-state index contributed by atoms with van der Waals surface area (Å²) in [5, 5.41) is 3.47. The highest BCUT2D eigenvalue weighted by Crippen LogP contribution is 2.13. The lowest BCUT2D eigenvalue weighted by molar-refractivity contribution is 0.208. The zero-order valence-corrected chi connectivity index (χ0v) is 12.1. The number of nitrogens with two attached hydrogens (primary N) is 1. The second kappa shape index (κ2) is 6.58. The van der Waals surface area contributed by atoms with Crippen molar-refractivity contribution in [2.24, 2.45) is 5.73 Å². The molecule has 3 nitrogen and oxygen atoms in total. The first-order valence-corrected chi connectivity index (χ1v) is 6.51. The molecule has 0 saturated carbocycles. The second-order valence-electron chi connectivity index (χ2n) is 5.91. The fraction of sp³-hybridized carbons (Fsp3) is 1.00. The molecule has 0 aromatic carbocycles. The van der Waals surface area contributed by atoms with E-state index in [1.807, 2.05) is 13.8 Å². The van der Waals surface area contributed by atoms with E-state index in [1.165, 1.54) is 13.0 Å². The minimum absolute atomic E-state index is 0.0966. The van der Waals surface area contributed by atoms with Gasteiger partial charge in [0, 0.05) is 5.54 Å². The lowest BCUT2D eigenvalue weighted by Gasteiger charge is -2.36. The Morgan fingerprint density at radius 1 is 1.06 bits per heavy atom. The molecule has 16 heavy (non-hydrogen) atoms. The van der Waals surface area contributed by atoms with Gasteiger partial charge in [-0.3, -0.25) is 5.32 Å². The molecule has 0 saturated heterocycles. The maximum Gasteiger partial charge on any atom is 0.0607 e. The third kappa shape index (κ3) is 8.08. The molecule has 3 N–H and O–H groups in total. The van der Waals surface area contributed by atoms with Crippen molar-refractivity contribution in [3.05, 3.63) is 0 Å². The molecule has 98 valence electrons. The van der Waals surface area contributed by atoms with Crippen molar-refractivity contribution >= 4 is 0 Å². The van der Waals surface area contributed by atoms with E-state index in [4.69, 9.17) is 5.73 Å². The summed E-state index contributed by atoms with van der Waals surface area (Å²) in [6.07, 6.45) is 2.35. The van der Waals surface area contributed by atoms with E-state index >= 15 is 0 Å². The lowest BCUT2D eigenvalue weighted by atomic mass is 9.98. The van der Waals surface area contributed by atoms with E-state index in [9.17, 15) is 0 Å². The van der Waals surface area contributed by atoms with Crippen molar-refractivity contribution in [1.29, 1.82) is 0 Å². The van der Waals surface area contributed by atoms with Crippen molar-refractivity contribution in [3.63, 3.8) is 0 Å². The number of nitrogens with zero attached hydrogens (tertiary/aromatic N) is 1. The van der Waals surface area contributed by atoms with Crippen LogP contribution in [0.3, 0.4) is 0 Å². The molecule has 3 heteroatoms. The van der Waals surface area contributed by atoms with Gasteiger partial charge in [0.25, 0.3) is 0 Å². The summed E-state index contributed by atoms with van der Waals surface area (Å²) in [4.78, 5) is 2.49. The van der Waals surface area contributed by atoms with Crippen LogP contribution in [0.1, 0.15) is 54.4 Å². The van der Waals surface area contributed by atoms with Crippen LogP contribution in [-0.2, 0) is 0 Å². The van der Waals surface area contributed by atoms with Gasteiger partial charge < -0.3 is 10.6 Å². The first-order valence-electron chi connectivity index (χ1n) is 6.51. The van der Waals surface area contributed by atoms with Crippen LogP contribution in [0.2, 0.25) is 0 Å². The van der Waals surface area contributed by atoms with Crippen molar-refractivity contribution in [2.75, 3.05) is 19.6 Å². The van der Waals surface area contributed by atoms with Gasteiger partial charge in [0.1, 0.15) is 0 Å². The summed E-state index contributed by atoms with van der Waals surface area (Å²) in [6, 6.07) is 0. The van der Waals surface area contributed by atoms with Crippen LogP contribution in [0.25, 0.3) is 0 Å². The summed E-state index contributed by atoms with van der Waals surface area (Å²) in [7, 11) is 0. The van der Waals surface area contributed by atoms with Crippen molar-refractivity contribution < 1.29 is 0 Å². The molecule has 0 amide bonds. The predicted molar refractivity (Wildman–Crippen MR) is 72.5 cm³/mol. The highest BCUT2D eigenvalue weighted by Gasteiger charge is 2.24. The van der Waals surface area contributed by atoms with Gasteiger partial charge in [-0.25, -0.2) is 0 Å². The van der Waals surface area contributed by atoms with Crippen LogP contribution in [0.15, 0.2) is 0 Å². The Balaban J connectivity index is 4.06. The summed E-state index contributed by atoms with van der Waals surface area (Å²) >= 11 is 0. The second-order valence-corrected chi connectivity index (χ2v) is 5.91. The fourth-order valence-corrected chi connectivity index (χ4v) is 2.12. The molecule has 0 unspecified atom stereocenters. The Bertz CT molecular complexity index is 182. The summed E-state index contributed by atoms with van der Waals surface area (Å²) in [6.45, 7) is 16.4. The van der Waals surface area contributed by atoms with E-state index in [0.717, 1.165) is 19.5 Å². The summed E-state index contributed by atoms with van der Waals surface area (Å²) in [5.74, 6) is 0. The van der Waals surface area contributed by atoms with Gasteiger partial charge in [0.2, 0.25) is 0 Å². The largest absolute Gasteiger partial charge is 0.314 e. The van der Waals surface area contributed by atoms with Gasteiger partial charge in [0.15, 0.2) is 0 Å². The maximum atomic E-state index is 5.99. The van der Waals surface area contributed by atoms with Gasteiger partial charge >= 0.3 is 0 Å². The quantitative estimate of drug-likeness (QED) is 0.627. The first-order chi connectivity index (χ1) is 7.20. The van der Waals surface area contributed by atoms with Crippen LogP contribution in [0.4, 0.5) is 0 Å². The predicted octanol–water partition coefficient (Wildman–Crippen LogP) is 2.17. The number of hydrogen-bond donors (Lipinski definition) is 2. The minimum Gasteiger partial charge on any atom is -0.314 e. The Morgan fingerprint density at radius 3 is 2.00 bits per heavy atom. The van der Waals surface area contributed by atoms with Gasteiger partial charge in [-0.15, -0.1) is 0 Å². The minimum atomic E-state index is -0.300. The summed E-state index contributed by atoms with van der Waals surface area (Å²) < 4.78 is 0. The molecular formula is C13H31N3. The molecule has 0 bridgehead atoms. The third-order valence-electron chi connectivity index (χ3n) is 2.70. The topological polar surface area (TPSA) is 41.3 Å². The molecule has 0 aromatic rings. The van der Waals surface area contributed by atoms with Crippen LogP contribution in [-0.4, -0.2) is 35.7 Å². The van der Waals surface area contributed by atoms with Crippen molar-refractivity contribution in [3.8, 4) is 0 Å². The molecule has 0 aromatic heterocycles. The maximum absolute atomic E-state index is 5.99. The highest BCUT2D eigenvalue weighted by molar-refractivity contribution is 4.85. The molecule has 0 heterocycles. The molecule has 0 aliphatic heterocycles.